The van der Waals surface area contributed by atoms with Crippen molar-refractivity contribution in [2.45, 2.75) is 25.7 Å². The molecule has 0 nitrogen and oxygen atoms in total. The maximum Gasteiger partial charge on any atom is -0.00130 e. The fraction of sp³-hybridized carbons (Fsp3) is 0.0769. The van der Waals surface area contributed by atoms with Gasteiger partial charge in [0.2, 0.25) is 0 Å². The van der Waals surface area contributed by atoms with Crippen molar-refractivity contribution in [1.82, 2.24) is 0 Å². The Balaban J connectivity index is 0.802. The van der Waals surface area contributed by atoms with E-state index in [1.807, 2.05) is 0 Å². The standard InChI is InChI=1S/C52H34/c1-3-7-45-37(5-1)27-39-21-31(9-15-47(39)45)33-11-17-49-41(23-33)29-43-25-35(13-19-51(43)49)36-14-20-52-44(26-36)30-42-24-34(12-18-50(42)52)32-10-16-48-40(22-32)28-38-6-2-4-8-46(38)48/h1-26H,27-30H2. The molecule has 0 spiro atoms. The van der Waals surface area contributed by atoms with Gasteiger partial charge in [0.1, 0.15) is 0 Å². The summed E-state index contributed by atoms with van der Waals surface area (Å²) in [6.45, 7) is 0. The van der Waals surface area contributed by atoms with Gasteiger partial charge in [0.25, 0.3) is 0 Å². The van der Waals surface area contributed by atoms with Crippen LogP contribution in [0.1, 0.15) is 44.5 Å². The normalized spacial score (nSPS) is 13.5. The van der Waals surface area contributed by atoms with E-state index in [0.717, 1.165) is 25.7 Å². The Bertz CT molecular complexity index is 2650. The van der Waals surface area contributed by atoms with Crippen LogP contribution in [-0.4, -0.2) is 0 Å². The van der Waals surface area contributed by atoms with Crippen LogP contribution in [-0.2, 0) is 25.7 Å². The summed E-state index contributed by atoms with van der Waals surface area (Å²) in [6, 6.07) is 60.2. The maximum absolute atomic E-state index is 2.44. The second-order valence-electron chi connectivity index (χ2n) is 15.3. The molecule has 0 atom stereocenters. The second-order valence-corrected chi connectivity index (χ2v) is 15.3. The van der Waals surface area contributed by atoms with Crippen molar-refractivity contribution in [3.8, 4) is 77.9 Å². The number of hydrogen-bond donors (Lipinski definition) is 0. The molecule has 8 aromatic carbocycles. The van der Waals surface area contributed by atoms with Crippen LogP contribution in [0.4, 0.5) is 0 Å². The monoisotopic (exact) mass is 658 g/mol. The quantitative estimate of drug-likeness (QED) is 0.177. The van der Waals surface area contributed by atoms with E-state index < -0.39 is 0 Å². The molecule has 242 valence electrons. The fourth-order valence-corrected chi connectivity index (χ4v) is 9.79. The largest absolute Gasteiger partial charge is 0.0619 e. The van der Waals surface area contributed by atoms with Crippen LogP contribution in [0.15, 0.2) is 158 Å². The average molecular weight is 659 g/mol. The average Bonchev–Trinajstić information content (AvgIpc) is 3.95. The minimum atomic E-state index is 0.983. The molecule has 0 aromatic heterocycles. The first-order valence-corrected chi connectivity index (χ1v) is 18.7. The lowest BCUT2D eigenvalue weighted by molar-refractivity contribution is 1.25. The Kier molecular flexibility index (Phi) is 5.82. The number of fused-ring (bicyclic) bond motifs is 12. The molecular weight excluding hydrogens is 625 g/mol. The van der Waals surface area contributed by atoms with Gasteiger partial charge in [-0.2, -0.15) is 0 Å². The van der Waals surface area contributed by atoms with Crippen LogP contribution in [0.5, 0.6) is 0 Å². The van der Waals surface area contributed by atoms with Crippen molar-refractivity contribution in [2.24, 2.45) is 0 Å². The maximum atomic E-state index is 2.44. The van der Waals surface area contributed by atoms with Crippen LogP contribution in [0.3, 0.4) is 0 Å². The molecule has 12 rings (SSSR count). The van der Waals surface area contributed by atoms with Crippen molar-refractivity contribution < 1.29 is 0 Å². The summed E-state index contributed by atoms with van der Waals surface area (Å²) in [5.74, 6) is 0. The molecule has 0 saturated carbocycles. The molecule has 0 bridgehead atoms. The van der Waals surface area contributed by atoms with Crippen LogP contribution >= 0.6 is 0 Å². The predicted molar refractivity (Wildman–Crippen MR) is 216 cm³/mol. The van der Waals surface area contributed by atoms with Gasteiger partial charge in [0, 0.05) is 0 Å². The second kappa shape index (κ2) is 10.6. The van der Waals surface area contributed by atoms with Gasteiger partial charge in [0.05, 0.1) is 0 Å². The lowest BCUT2D eigenvalue weighted by Gasteiger charge is -2.09. The molecule has 0 amide bonds. The minimum Gasteiger partial charge on any atom is -0.0619 e. The first-order valence-electron chi connectivity index (χ1n) is 18.7. The van der Waals surface area contributed by atoms with E-state index in [0.29, 0.717) is 0 Å². The summed E-state index contributed by atoms with van der Waals surface area (Å²) in [4.78, 5) is 0. The van der Waals surface area contributed by atoms with Gasteiger partial charge in [-0.15, -0.1) is 0 Å². The van der Waals surface area contributed by atoms with E-state index >= 15 is 0 Å². The summed E-state index contributed by atoms with van der Waals surface area (Å²) in [5, 5.41) is 0. The van der Waals surface area contributed by atoms with Crippen molar-refractivity contribution in [3.63, 3.8) is 0 Å². The van der Waals surface area contributed by atoms with Gasteiger partial charge in [0.15, 0.2) is 0 Å². The summed E-state index contributed by atoms with van der Waals surface area (Å²) in [7, 11) is 0. The molecule has 4 aliphatic carbocycles. The highest BCUT2D eigenvalue weighted by molar-refractivity contribution is 5.87. The molecule has 0 fully saturated rings. The molecule has 0 N–H and O–H groups in total. The Labute approximate surface area is 304 Å². The van der Waals surface area contributed by atoms with Crippen molar-refractivity contribution in [2.75, 3.05) is 0 Å². The first-order chi connectivity index (χ1) is 25.7. The Morgan fingerprint density at radius 1 is 0.192 bits per heavy atom. The third kappa shape index (κ3) is 4.22. The Morgan fingerprint density at radius 3 is 0.673 bits per heavy atom. The van der Waals surface area contributed by atoms with E-state index in [9.17, 15) is 0 Å². The lowest BCUT2D eigenvalue weighted by atomic mass is 9.95. The van der Waals surface area contributed by atoms with Gasteiger partial charge in [-0.25, -0.2) is 0 Å². The molecule has 0 heteroatoms. The summed E-state index contributed by atoms with van der Waals surface area (Å²) in [6.07, 6.45) is 4.02. The molecule has 0 aliphatic heterocycles. The van der Waals surface area contributed by atoms with E-state index in [2.05, 4.69) is 158 Å². The third-order valence-corrected chi connectivity index (χ3v) is 12.4. The zero-order valence-electron chi connectivity index (χ0n) is 28.8. The Morgan fingerprint density at radius 2 is 0.404 bits per heavy atom. The van der Waals surface area contributed by atoms with Crippen LogP contribution in [0.25, 0.3) is 77.9 Å². The van der Waals surface area contributed by atoms with E-state index in [1.54, 1.807) is 0 Å². The zero-order chi connectivity index (χ0) is 33.9. The van der Waals surface area contributed by atoms with Crippen molar-refractivity contribution in [3.05, 3.63) is 202 Å². The summed E-state index contributed by atoms with van der Waals surface area (Å²) >= 11 is 0. The van der Waals surface area contributed by atoms with E-state index in [4.69, 9.17) is 0 Å². The smallest absolute Gasteiger partial charge is 0.00130 e. The predicted octanol–water partition coefficient (Wildman–Crippen LogP) is 13.0. The van der Waals surface area contributed by atoms with Crippen molar-refractivity contribution >= 4 is 0 Å². The zero-order valence-corrected chi connectivity index (χ0v) is 28.8. The van der Waals surface area contributed by atoms with Gasteiger partial charge in [-0.1, -0.05) is 158 Å². The molecule has 52 heavy (non-hydrogen) atoms. The lowest BCUT2D eigenvalue weighted by Crippen LogP contribution is -1.87. The molecule has 0 heterocycles. The highest BCUT2D eigenvalue weighted by atomic mass is 14.3. The molecule has 0 unspecified atom stereocenters. The van der Waals surface area contributed by atoms with Gasteiger partial charge in [-0.05, 0) is 148 Å². The number of rotatable bonds is 3. The highest BCUT2D eigenvalue weighted by Gasteiger charge is 2.24. The van der Waals surface area contributed by atoms with Gasteiger partial charge < -0.3 is 0 Å². The van der Waals surface area contributed by atoms with Gasteiger partial charge >= 0.3 is 0 Å². The molecule has 0 radical (unpaired) electrons. The third-order valence-electron chi connectivity index (χ3n) is 12.4. The fourth-order valence-electron chi connectivity index (χ4n) is 9.79. The molecule has 8 aromatic rings. The van der Waals surface area contributed by atoms with E-state index in [-0.39, 0.29) is 0 Å². The topological polar surface area (TPSA) is 0 Å². The number of hydrogen-bond acceptors (Lipinski definition) is 0. The van der Waals surface area contributed by atoms with Crippen LogP contribution in [0, 0.1) is 0 Å². The summed E-state index contributed by atoms with van der Waals surface area (Å²) < 4.78 is 0. The van der Waals surface area contributed by atoms with Crippen molar-refractivity contribution in [1.29, 1.82) is 0 Å². The minimum absolute atomic E-state index is 0.983. The first kappa shape index (κ1) is 28.5. The van der Waals surface area contributed by atoms with Crippen LogP contribution in [0.2, 0.25) is 0 Å². The van der Waals surface area contributed by atoms with Gasteiger partial charge in [-0.3, -0.25) is 0 Å². The van der Waals surface area contributed by atoms with E-state index in [1.165, 1.54) is 122 Å². The molecule has 4 aliphatic rings. The molecule has 0 saturated heterocycles. The highest BCUT2D eigenvalue weighted by Crippen LogP contribution is 2.45. The Hall–Kier alpha value is -6.24. The van der Waals surface area contributed by atoms with Crippen LogP contribution < -0.4 is 0 Å². The number of benzene rings is 8. The summed E-state index contributed by atoms with van der Waals surface area (Å²) in [5.41, 5.74) is 30.5. The molecular formula is C52H34. The SMILES string of the molecule is c1ccc2c(c1)Cc1cc(-c3ccc4c(c3)Cc3cc(-c5ccc6c(c5)Cc5cc(-c7ccc8c(c7)Cc7ccccc7-8)ccc5-6)ccc3-4)ccc1-2.